The van der Waals surface area contributed by atoms with Gasteiger partial charge in [-0.1, -0.05) is 6.42 Å². The van der Waals surface area contributed by atoms with Crippen molar-refractivity contribution in [3.8, 4) is 0 Å². The van der Waals surface area contributed by atoms with Gasteiger partial charge in [0.05, 0.1) is 6.54 Å². The molecule has 1 aliphatic heterocycles. The summed E-state index contributed by atoms with van der Waals surface area (Å²) in [6, 6.07) is 4.55. The van der Waals surface area contributed by atoms with Crippen LogP contribution in [0.1, 0.15) is 46.9 Å². The van der Waals surface area contributed by atoms with Crippen molar-refractivity contribution in [1.29, 1.82) is 0 Å². The van der Waals surface area contributed by atoms with Gasteiger partial charge in [-0.3, -0.25) is 19.3 Å². The van der Waals surface area contributed by atoms with Gasteiger partial charge in [0, 0.05) is 22.9 Å². The molecule has 23 heavy (non-hydrogen) atoms. The summed E-state index contributed by atoms with van der Waals surface area (Å²) in [7, 11) is 0. The second kappa shape index (κ2) is 7.23. The molecule has 0 spiro atoms. The van der Waals surface area contributed by atoms with Crippen LogP contribution in [0.25, 0.3) is 0 Å². The first kappa shape index (κ1) is 17.0. The zero-order valence-electron chi connectivity index (χ0n) is 13.2. The fourth-order valence-corrected chi connectivity index (χ4v) is 2.76. The van der Waals surface area contributed by atoms with Crippen LogP contribution in [-0.4, -0.2) is 41.8 Å². The largest absolute Gasteiger partial charge is 0.366 e. The Hall–Kier alpha value is -2.41. The molecule has 1 fully saturated rings. The zero-order valence-corrected chi connectivity index (χ0v) is 13.2. The van der Waals surface area contributed by atoms with Crippen LogP contribution in [0.4, 0.5) is 5.69 Å². The van der Waals surface area contributed by atoms with E-state index < -0.39 is 11.8 Å². The summed E-state index contributed by atoms with van der Waals surface area (Å²) in [5.41, 5.74) is 11.1. The van der Waals surface area contributed by atoms with Crippen molar-refractivity contribution in [1.82, 2.24) is 4.90 Å². The second-order valence-electron chi connectivity index (χ2n) is 5.89. The Labute approximate surface area is 135 Å². The number of carbonyl (C=O) groups excluding carboxylic acids is 3. The molecule has 0 aromatic heterocycles. The van der Waals surface area contributed by atoms with Crippen LogP contribution in [0.2, 0.25) is 0 Å². The van der Waals surface area contributed by atoms with Gasteiger partial charge >= 0.3 is 0 Å². The Morgan fingerprint density at radius 3 is 2.26 bits per heavy atom. The molecule has 5 N–H and O–H groups in total. The quantitative estimate of drug-likeness (QED) is 0.740. The lowest BCUT2D eigenvalue weighted by Gasteiger charge is -2.32. The molecule has 7 heteroatoms. The Morgan fingerprint density at radius 1 is 1.13 bits per heavy atom. The number of nitrogens with two attached hydrogens (primary N) is 2. The van der Waals surface area contributed by atoms with Gasteiger partial charge in [-0.15, -0.1) is 0 Å². The van der Waals surface area contributed by atoms with E-state index in [-0.39, 0.29) is 23.6 Å². The number of nitrogens with zero attached hydrogens (tertiary/aromatic N) is 1. The topological polar surface area (TPSA) is 119 Å². The number of rotatable bonds is 5. The van der Waals surface area contributed by atoms with Gasteiger partial charge in [0.2, 0.25) is 17.7 Å². The van der Waals surface area contributed by atoms with E-state index in [0.717, 1.165) is 19.4 Å². The number of piperidine rings is 1. The lowest BCUT2D eigenvalue weighted by Crippen LogP contribution is -2.42. The Balaban J connectivity index is 2.10. The molecule has 0 saturated carbocycles. The number of hydrogen-bond acceptors (Lipinski definition) is 4. The van der Waals surface area contributed by atoms with E-state index in [1.54, 1.807) is 0 Å². The van der Waals surface area contributed by atoms with Gasteiger partial charge in [-0.2, -0.15) is 0 Å². The predicted molar refractivity (Wildman–Crippen MR) is 87.0 cm³/mol. The number of benzene rings is 1. The third kappa shape index (κ3) is 4.53. The molecule has 1 heterocycles. The number of carbonyl (C=O) groups is 3. The van der Waals surface area contributed by atoms with E-state index in [4.69, 9.17) is 11.5 Å². The molecule has 1 aromatic rings. The molecule has 0 aliphatic carbocycles. The minimum atomic E-state index is -0.687. The fraction of sp³-hybridized carbons (Fsp3) is 0.438. The number of primary amides is 2. The van der Waals surface area contributed by atoms with Crippen LogP contribution in [0.5, 0.6) is 0 Å². The maximum absolute atomic E-state index is 12.2. The van der Waals surface area contributed by atoms with E-state index in [0.29, 0.717) is 11.7 Å². The van der Waals surface area contributed by atoms with E-state index in [1.807, 2.05) is 0 Å². The van der Waals surface area contributed by atoms with Gasteiger partial charge in [0.1, 0.15) is 0 Å². The van der Waals surface area contributed by atoms with Crippen LogP contribution in [0.15, 0.2) is 18.2 Å². The lowest BCUT2D eigenvalue weighted by molar-refractivity contribution is -0.118. The minimum Gasteiger partial charge on any atom is -0.366 e. The Kier molecular flexibility index (Phi) is 5.33. The number of hydrogen-bond donors (Lipinski definition) is 3. The minimum absolute atomic E-state index is 0.128. The SMILES string of the molecule is C[C@H]1CCCCN1CC(=O)Nc1cc(C(N)=O)cc(C(N)=O)c1. The predicted octanol–water partition coefficient (Wildman–Crippen LogP) is 0.697. The average molecular weight is 318 g/mol. The highest BCUT2D eigenvalue weighted by Crippen LogP contribution is 2.17. The molecule has 0 unspecified atom stereocenters. The molecule has 1 aromatic carbocycles. The van der Waals surface area contributed by atoms with Gasteiger partial charge in [-0.25, -0.2) is 0 Å². The first-order chi connectivity index (χ1) is 10.9. The van der Waals surface area contributed by atoms with Crippen molar-refractivity contribution in [2.75, 3.05) is 18.4 Å². The van der Waals surface area contributed by atoms with E-state index >= 15 is 0 Å². The van der Waals surface area contributed by atoms with Crippen molar-refractivity contribution in [3.05, 3.63) is 29.3 Å². The molecular weight excluding hydrogens is 296 g/mol. The molecular formula is C16H22N4O3. The number of likely N-dealkylation sites (tertiary alicyclic amines) is 1. The van der Waals surface area contributed by atoms with Gasteiger partial charge < -0.3 is 16.8 Å². The van der Waals surface area contributed by atoms with Crippen molar-refractivity contribution in [2.24, 2.45) is 11.5 Å². The van der Waals surface area contributed by atoms with Gasteiger partial charge in [0.15, 0.2) is 0 Å². The standard InChI is InChI=1S/C16H22N4O3/c1-10-4-2-3-5-20(10)9-14(21)19-13-7-11(15(17)22)6-12(8-13)16(18)23/h6-8,10H,2-5,9H2,1H3,(H2,17,22)(H2,18,23)(H,19,21)/t10-/m0/s1. The molecule has 1 saturated heterocycles. The monoisotopic (exact) mass is 318 g/mol. The fourth-order valence-electron chi connectivity index (χ4n) is 2.76. The molecule has 0 bridgehead atoms. The first-order valence-electron chi connectivity index (χ1n) is 7.65. The highest BCUT2D eigenvalue weighted by Gasteiger charge is 2.20. The molecule has 1 atom stereocenters. The molecule has 2 rings (SSSR count). The maximum Gasteiger partial charge on any atom is 0.248 e. The Morgan fingerprint density at radius 2 is 1.74 bits per heavy atom. The van der Waals surface area contributed by atoms with Crippen LogP contribution in [0, 0.1) is 0 Å². The average Bonchev–Trinajstić information content (AvgIpc) is 2.49. The number of nitrogens with one attached hydrogen (secondary N) is 1. The summed E-state index contributed by atoms with van der Waals surface area (Å²) in [5, 5.41) is 2.70. The van der Waals surface area contributed by atoms with Crippen molar-refractivity contribution >= 4 is 23.4 Å². The van der Waals surface area contributed by atoms with Crippen molar-refractivity contribution < 1.29 is 14.4 Å². The number of amides is 3. The van der Waals surface area contributed by atoms with E-state index in [2.05, 4.69) is 17.1 Å². The molecule has 3 amide bonds. The molecule has 1 aliphatic rings. The zero-order chi connectivity index (χ0) is 17.0. The summed E-state index contributed by atoms with van der Waals surface area (Å²) >= 11 is 0. The van der Waals surface area contributed by atoms with Crippen LogP contribution < -0.4 is 16.8 Å². The summed E-state index contributed by atoms with van der Waals surface area (Å²) in [6.07, 6.45) is 3.35. The normalized spacial score (nSPS) is 18.4. The van der Waals surface area contributed by atoms with Gasteiger partial charge in [-0.05, 0) is 44.5 Å². The third-order valence-corrected chi connectivity index (χ3v) is 4.07. The van der Waals surface area contributed by atoms with E-state index in [1.165, 1.54) is 24.6 Å². The molecule has 0 radical (unpaired) electrons. The first-order valence-corrected chi connectivity index (χ1v) is 7.65. The van der Waals surface area contributed by atoms with E-state index in [9.17, 15) is 14.4 Å². The second-order valence-corrected chi connectivity index (χ2v) is 5.89. The summed E-state index contributed by atoms with van der Waals surface area (Å²) in [5.74, 6) is -1.57. The molecule has 7 nitrogen and oxygen atoms in total. The smallest absolute Gasteiger partial charge is 0.248 e. The summed E-state index contributed by atoms with van der Waals surface area (Å²) in [6.45, 7) is 3.27. The van der Waals surface area contributed by atoms with Crippen molar-refractivity contribution in [3.63, 3.8) is 0 Å². The van der Waals surface area contributed by atoms with Crippen LogP contribution in [0.3, 0.4) is 0 Å². The highest BCUT2D eigenvalue weighted by atomic mass is 16.2. The maximum atomic E-state index is 12.2. The Bertz CT molecular complexity index is 598. The third-order valence-electron chi connectivity index (χ3n) is 4.07. The van der Waals surface area contributed by atoms with Gasteiger partial charge in [0.25, 0.3) is 0 Å². The number of anilines is 1. The molecule has 124 valence electrons. The van der Waals surface area contributed by atoms with Crippen LogP contribution in [-0.2, 0) is 4.79 Å². The summed E-state index contributed by atoms with van der Waals surface area (Å²) in [4.78, 5) is 37.0. The summed E-state index contributed by atoms with van der Waals surface area (Å²) < 4.78 is 0. The lowest BCUT2D eigenvalue weighted by atomic mass is 10.0. The highest BCUT2D eigenvalue weighted by molar-refractivity contribution is 6.01. The van der Waals surface area contributed by atoms with Crippen LogP contribution >= 0.6 is 0 Å². The van der Waals surface area contributed by atoms with Crippen molar-refractivity contribution in [2.45, 2.75) is 32.2 Å².